The highest BCUT2D eigenvalue weighted by Crippen LogP contribution is 2.38. The maximum absolute atomic E-state index is 12.6. The van der Waals surface area contributed by atoms with Gasteiger partial charge < -0.3 is 14.3 Å². The summed E-state index contributed by atoms with van der Waals surface area (Å²) in [6.07, 6.45) is 6.99. The molecule has 0 aliphatic carbocycles. The Bertz CT molecular complexity index is 2240. The van der Waals surface area contributed by atoms with Crippen LogP contribution in [-0.4, -0.2) is 25.4 Å². The molecule has 0 unspecified atom stereocenters. The van der Waals surface area contributed by atoms with Crippen molar-refractivity contribution in [2.75, 3.05) is 0 Å². The molecule has 0 spiro atoms. The molecule has 6 rings (SSSR count). The van der Waals surface area contributed by atoms with Gasteiger partial charge in [0.25, 0.3) is 16.2 Å². The smallest absolute Gasteiger partial charge is 0.294 e. The lowest BCUT2D eigenvalue weighted by Crippen LogP contribution is -2.32. The third-order valence-electron chi connectivity index (χ3n) is 7.46. The Morgan fingerprint density at radius 3 is 1.63 bits per heavy atom. The van der Waals surface area contributed by atoms with Gasteiger partial charge in [-0.05, 0) is 99.5 Å². The van der Waals surface area contributed by atoms with E-state index >= 15 is 0 Å². The number of nitrogens with zero attached hydrogens (tertiary/aromatic N) is 5. The van der Waals surface area contributed by atoms with E-state index in [9.17, 15) is 19.7 Å². The molecule has 2 aliphatic heterocycles. The molecule has 0 atom stereocenters. The maximum Gasteiger partial charge on any atom is 0.294 e. The second-order valence-electron chi connectivity index (χ2n) is 12.2. The molecule has 0 saturated carbocycles. The number of rotatable bonds is 6. The minimum absolute atomic E-state index is 0.112. The molecule has 13 heteroatoms. The van der Waals surface area contributed by atoms with E-state index in [1.807, 2.05) is 39.8 Å². The molecule has 0 fully saturated rings. The number of benzene rings is 2. The van der Waals surface area contributed by atoms with Gasteiger partial charge in [0.15, 0.2) is 0 Å². The number of fused-ring (bicyclic) bond motifs is 2. The SMILES string of the molecule is CC1(C)C=C(n2ccc(CBr)cc2=O)c2cc(C#N)ccc2O1.CC1(C)C=C(n2ccc(CO[N+](=O)[O-])cc2=O)c2cc(C#N)ccc2O1. The molecule has 2 aromatic carbocycles. The summed E-state index contributed by atoms with van der Waals surface area (Å²) < 4.78 is 14.9. The highest BCUT2D eigenvalue weighted by molar-refractivity contribution is 9.08. The summed E-state index contributed by atoms with van der Waals surface area (Å²) in [6, 6.07) is 20.8. The summed E-state index contributed by atoms with van der Waals surface area (Å²) >= 11 is 3.36. The lowest BCUT2D eigenvalue weighted by molar-refractivity contribution is -0.763. The van der Waals surface area contributed by atoms with Gasteiger partial charge in [0.2, 0.25) is 0 Å². The molecule has 4 heterocycles. The van der Waals surface area contributed by atoms with Crippen LogP contribution in [0.3, 0.4) is 0 Å². The average molecular weight is 725 g/mol. The predicted molar refractivity (Wildman–Crippen MR) is 184 cm³/mol. The van der Waals surface area contributed by atoms with Crippen molar-refractivity contribution in [3.8, 4) is 23.6 Å². The highest BCUT2D eigenvalue weighted by atomic mass is 79.9. The van der Waals surface area contributed by atoms with E-state index in [1.165, 1.54) is 16.8 Å². The molecule has 2 aromatic heterocycles. The number of pyridine rings is 2. The molecule has 4 aromatic rings. The Labute approximate surface area is 289 Å². The van der Waals surface area contributed by atoms with Crippen molar-refractivity contribution in [3.63, 3.8) is 0 Å². The first-order valence-corrected chi connectivity index (χ1v) is 16.0. The fraction of sp³-hybridized carbons (Fsp3) is 0.222. The van der Waals surface area contributed by atoms with Gasteiger partial charge in [0.1, 0.15) is 29.3 Å². The molecule has 0 radical (unpaired) electrons. The third kappa shape index (κ3) is 7.80. The monoisotopic (exact) mass is 723 g/mol. The molecule has 12 nitrogen and oxygen atoms in total. The van der Waals surface area contributed by atoms with Crippen molar-refractivity contribution in [3.05, 3.63) is 149 Å². The number of ether oxygens (including phenoxy) is 2. The van der Waals surface area contributed by atoms with Gasteiger partial charge >= 0.3 is 0 Å². The van der Waals surface area contributed by atoms with Crippen LogP contribution in [0.5, 0.6) is 11.5 Å². The third-order valence-corrected chi connectivity index (χ3v) is 8.11. The van der Waals surface area contributed by atoms with Gasteiger partial charge in [0.05, 0.1) is 34.7 Å². The Kier molecular flexibility index (Phi) is 9.60. The van der Waals surface area contributed by atoms with Crippen LogP contribution < -0.4 is 20.6 Å². The van der Waals surface area contributed by atoms with Crippen molar-refractivity contribution >= 4 is 27.3 Å². The maximum atomic E-state index is 12.6. The van der Waals surface area contributed by atoms with Crippen molar-refractivity contribution in [2.45, 2.75) is 50.8 Å². The number of halogens is 1. The van der Waals surface area contributed by atoms with Gasteiger partial charge in [-0.2, -0.15) is 10.5 Å². The van der Waals surface area contributed by atoms with Crippen LogP contribution in [0.1, 0.15) is 61.1 Å². The van der Waals surface area contributed by atoms with Crippen molar-refractivity contribution in [2.24, 2.45) is 0 Å². The molecule has 248 valence electrons. The molecular weight excluding hydrogens is 694 g/mol. The number of aromatic nitrogens is 2. The fourth-order valence-electron chi connectivity index (χ4n) is 5.35. The number of alkyl halides is 1. The first-order valence-electron chi connectivity index (χ1n) is 14.9. The highest BCUT2D eigenvalue weighted by Gasteiger charge is 2.29. The topological polar surface area (TPSA) is 162 Å². The van der Waals surface area contributed by atoms with Crippen LogP contribution in [0, 0.1) is 32.8 Å². The molecule has 0 bridgehead atoms. The Balaban J connectivity index is 0.000000192. The van der Waals surface area contributed by atoms with Crippen LogP contribution in [0.15, 0.2) is 94.8 Å². The van der Waals surface area contributed by atoms with Crippen LogP contribution >= 0.6 is 15.9 Å². The first-order chi connectivity index (χ1) is 23.2. The van der Waals surface area contributed by atoms with Gasteiger partial charge in [-0.25, -0.2) is 0 Å². The van der Waals surface area contributed by atoms with E-state index in [0.29, 0.717) is 44.8 Å². The van der Waals surface area contributed by atoms with Crippen LogP contribution in [0.4, 0.5) is 0 Å². The summed E-state index contributed by atoms with van der Waals surface area (Å²) in [7, 11) is 0. The van der Waals surface area contributed by atoms with E-state index in [0.717, 1.165) is 16.8 Å². The largest absolute Gasteiger partial charge is 0.483 e. The summed E-state index contributed by atoms with van der Waals surface area (Å²) in [5.41, 5.74) is 3.31. The number of hydrogen-bond acceptors (Lipinski definition) is 9. The lowest BCUT2D eigenvalue weighted by Gasteiger charge is -2.31. The van der Waals surface area contributed by atoms with Crippen molar-refractivity contribution in [1.29, 1.82) is 10.5 Å². The number of nitriles is 2. The van der Waals surface area contributed by atoms with Gasteiger partial charge in [-0.3, -0.25) is 18.7 Å². The normalized spacial score (nSPS) is 14.8. The Morgan fingerprint density at radius 2 is 1.22 bits per heavy atom. The minimum Gasteiger partial charge on any atom is -0.483 e. The second kappa shape index (κ2) is 13.7. The first kappa shape index (κ1) is 34.4. The van der Waals surface area contributed by atoms with Crippen molar-refractivity contribution in [1.82, 2.24) is 9.13 Å². The molecular formula is C36H30BrN5O7. The molecule has 49 heavy (non-hydrogen) atoms. The van der Waals surface area contributed by atoms with E-state index in [1.54, 1.807) is 65.4 Å². The molecule has 0 amide bonds. The zero-order chi connectivity index (χ0) is 35.5. The van der Waals surface area contributed by atoms with Gasteiger partial charge in [0, 0.05) is 41.0 Å². The predicted octanol–water partition coefficient (Wildman–Crippen LogP) is 6.16. The summed E-state index contributed by atoms with van der Waals surface area (Å²) in [5, 5.41) is 28.3. The standard InChI is InChI=1S/C18H15BrN2O2.C18H15N3O5/c1-18(2)9-15(21-6-5-12(10-19)8-17(21)22)14-7-13(11-20)3-4-16(14)23-18;1-18(2)9-15(14-7-12(10-19)3-4-16(14)26-18)20-6-5-13(8-17(20)22)11-25-21(23)24/h3-9H,10H2,1-2H3;3-9H,11H2,1-2H3. The van der Waals surface area contributed by atoms with Crippen LogP contribution in [-0.2, 0) is 16.8 Å². The number of hydrogen-bond donors (Lipinski definition) is 0. The van der Waals surface area contributed by atoms with E-state index < -0.39 is 16.3 Å². The van der Waals surface area contributed by atoms with Crippen LogP contribution in [0.25, 0.3) is 11.4 Å². The summed E-state index contributed by atoms with van der Waals surface area (Å²) in [5.74, 6) is 1.24. The van der Waals surface area contributed by atoms with Crippen LogP contribution in [0.2, 0.25) is 0 Å². The quantitative estimate of drug-likeness (QED) is 0.129. The van der Waals surface area contributed by atoms with Gasteiger partial charge in [-0.1, -0.05) is 15.9 Å². The van der Waals surface area contributed by atoms with E-state index in [4.69, 9.17) is 20.0 Å². The fourth-order valence-corrected chi connectivity index (χ4v) is 5.70. The van der Waals surface area contributed by atoms with E-state index in [-0.39, 0.29) is 17.7 Å². The van der Waals surface area contributed by atoms with Crippen molar-refractivity contribution < 1.29 is 19.4 Å². The molecule has 0 N–H and O–H groups in total. The zero-order valence-corrected chi connectivity index (χ0v) is 28.6. The van der Waals surface area contributed by atoms with E-state index in [2.05, 4.69) is 32.9 Å². The summed E-state index contributed by atoms with van der Waals surface area (Å²) in [4.78, 5) is 39.6. The minimum atomic E-state index is -0.908. The van der Waals surface area contributed by atoms with Gasteiger partial charge in [-0.15, -0.1) is 10.1 Å². The molecule has 2 aliphatic rings. The summed E-state index contributed by atoms with van der Waals surface area (Å²) in [6.45, 7) is 7.29. The second-order valence-corrected chi connectivity index (χ2v) is 12.8. The Hall–Kier alpha value is -5.92. The average Bonchev–Trinajstić information content (AvgIpc) is 3.06. The molecule has 0 saturated heterocycles. The lowest BCUT2D eigenvalue weighted by atomic mass is 9.97. The Morgan fingerprint density at radius 1 is 0.776 bits per heavy atom. The zero-order valence-electron chi connectivity index (χ0n) is 27.0.